The largest absolute Gasteiger partial charge is 0.342 e. The number of hydrogen-bond acceptors (Lipinski definition) is 1. The fraction of sp³-hybridized carbons (Fsp3) is 0.923. The smallest absolute Gasteiger partial charge is 0.228 e. The van der Waals surface area contributed by atoms with Crippen molar-refractivity contribution in [1.29, 1.82) is 0 Å². The Balaban J connectivity index is 1.98. The molecule has 1 amide bonds. The molecule has 15 heavy (non-hydrogen) atoms. The van der Waals surface area contributed by atoms with Crippen LogP contribution in [0.15, 0.2) is 0 Å². The van der Waals surface area contributed by atoms with Gasteiger partial charge in [0.1, 0.15) is 0 Å². The minimum Gasteiger partial charge on any atom is -0.342 e. The lowest BCUT2D eigenvalue weighted by atomic mass is 9.74. The Kier molecular flexibility index (Phi) is 3.32. The van der Waals surface area contributed by atoms with E-state index in [0.717, 1.165) is 25.9 Å². The first-order valence-corrected chi connectivity index (χ1v) is 6.52. The zero-order valence-electron chi connectivity index (χ0n) is 9.93. The Bertz CT molecular complexity index is 225. The molecule has 2 rings (SSSR count). The molecule has 0 radical (unpaired) electrons. The van der Waals surface area contributed by atoms with Gasteiger partial charge in [0.05, 0.1) is 0 Å². The minimum absolute atomic E-state index is 0.0183. The second-order valence-electron chi connectivity index (χ2n) is 5.47. The van der Waals surface area contributed by atoms with Crippen LogP contribution < -0.4 is 0 Å². The third kappa shape index (κ3) is 2.35. The van der Waals surface area contributed by atoms with Gasteiger partial charge in [0.25, 0.3) is 0 Å². The number of nitrogens with zero attached hydrogens (tertiary/aromatic N) is 1. The van der Waals surface area contributed by atoms with E-state index < -0.39 is 0 Å². The highest BCUT2D eigenvalue weighted by atomic mass is 16.2. The summed E-state index contributed by atoms with van der Waals surface area (Å²) >= 11 is 0. The number of carbonyl (C=O) groups excluding carboxylic acids is 1. The highest BCUT2D eigenvalue weighted by Crippen LogP contribution is 2.37. The molecule has 1 heterocycles. The highest BCUT2D eigenvalue weighted by molar-refractivity contribution is 5.82. The van der Waals surface area contributed by atoms with Crippen LogP contribution in [0.2, 0.25) is 0 Å². The van der Waals surface area contributed by atoms with Crippen LogP contribution in [0.3, 0.4) is 0 Å². The summed E-state index contributed by atoms with van der Waals surface area (Å²) in [5.41, 5.74) is -0.0183. The van der Waals surface area contributed by atoms with Crippen LogP contribution in [0.5, 0.6) is 0 Å². The minimum atomic E-state index is -0.0183. The van der Waals surface area contributed by atoms with E-state index in [-0.39, 0.29) is 5.41 Å². The molecular formula is C13H23NO. The zero-order chi connectivity index (χ0) is 10.7. The van der Waals surface area contributed by atoms with Crippen LogP contribution >= 0.6 is 0 Å². The third-order valence-electron chi connectivity index (χ3n) is 4.12. The maximum absolute atomic E-state index is 12.4. The van der Waals surface area contributed by atoms with Crippen molar-refractivity contribution in [3.63, 3.8) is 0 Å². The van der Waals surface area contributed by atoms with Crippen molar-refractivity contribution in [3.8, 4) is 0 Å². The lowest BCUT2D eigenvalue weighted by molar-refractivity contribution is -0.144. The van der Waals surface area contributed by atoms with Gasteiger partial charge in [0.2, 0.25) is 5.91 Å². The predicted octanol–water partition coefficient (Wildman–Crippen LogP) is 2.97. The van der Waals surface area contributed by atoms with Crippen molar-refractivity contribution in [2.24, 2.45) is 5.41 Å². The van der Waals surface area contributed by atoms with Gasteiger partial charge in [-0.15, -0.1) is 0 Å². The topological polar surface area (TPSA) is 20.3 Å². The second-order valence-corrected chi connectivity index (χ2v) is 5.47. The average Bonchev–Trinajstić information content (AvgIpc) is 2.30. The molecule has 86 valence electrons. The van der Waals surface area contributed by atoms with E-state index in [1.165, 1.54) is 38.5 Å². The second kappa shape index (κ2) is 4.54. The molecule has 0 aromatic rings. The predicted molar refractivity (Wildman–Crippen MR) is 61.6 cm³/mol. The fourth-order valence-corrected chi connectivity index (χ4v) is 3.02. The molecule has 0 aromatic carbocycles. The molecule has 1 saturated heterocycles. The summed E-state index contributed by atoms with van der Waals surface area (Å²) in [6.45, 7) is 4.20. The third-order valence-corrected chi connectivity index (χ3v) is 4.12. The first-order chi connectivity index (χ1) is 7.22. The summed E-state index contributed by atoms with van der Waals surface area (Å²) < 4.78 is 0. The van der Waals surface area contributed by atoms with Crippen LogP contribution in [-0.2, 0) is 4.79 Å². The molecule has 1 aliphatic heterocycles. The molecule has 0 atom stereocenters. The van der Waals surface area contributed by atoms with Gasteiger partial charge in [0.15, 0.2) is 0 Å². The average molecular weight is 209 g/mol. The summed E-state index contributed by atoms with van der Waals surface area (Å²) in [5.74, 6) is 0.446. The molecule has 2 fully saturated rings. The summed E-state index contributed by atoms with van der Waals surface area (Å²) in [5, 5.41) is 0. The summed E-state index contributed by atoms with van der Waals surface area (Å²) in [4.78, 5) is 14.5. The Morgan fingerprint density at radius 2 is 1.47 bits per heavy atom. The number of amides is 1. The van der Waals surface area contributed by atoms with Gasteiger partial charge in [-0.3, -0.25) is 4.79 Å². The Labute approximate surface area is 93.0 Å². The van der Waals surface area contributed by atoms with Crippen molar-refractivity contribution in [2.75, 3.05) is 13.1 Å². The monoisotopic (exact) mass is 209 g/mol. The fourth-order valence-electron chi connectivity index (χ4n) is 3.02. The number of hydrogen-bond donors (Lipinski definition) is 0. The first kappa shape index (κ1) is 11.0. The van der Waals surface area contributed by atoms with Crippen LogP contribution in [0.1, 0.15) is 58.3 Å². The molecule has 0 N–H and O–H groups in total. The van der Waals surface area contributed by atoms with Gasteiger partial charge in [-0.1, -0.05) is 26.2 Å². The van der Waals surface area contributed by atoms with E-state index in [1.54, 1.807) is 0 Å². The van der Waals surface area contributed by atoms with Gasteiger partial charge in [-0.2, -0.15) is 0 Å². The standard InChI is InChI=1S/C13H23NO/c1-13(8-4-2-5-9-13)12(15)14-10-6-3-7-11-14/h2-11H2,1H3. The number of piperidine rings is 1. The van der Waals surface area contributed by atoms with E-state index in [9.17, 15) is 4.79 Å². The normalized spacial score (nSPS) is 26.3. The van der Waals surface area contributed by atoms with Crippen molar-refractivity contribution < 1.29 is 4.79 Å². The van der Waals surface area contributed by atoms with Crippen LogP contribution in [0.25, 0.3) is 0 Å². The maximum atomic E-state index is 12.4. The van der Waals surface area contributed by atoms with E-state index in [2.05, 4.69) is 11.8 Å². The van der Waals surface area contributed by atoms with Crippen LogP contribution in [0.4, 0.5) is 0 Å². The zero-order valence-corrected chi connectivity index (χ0v) is 9.93. The van der Waals surface area contributed by atoms with Gasteiger partial charge < -0.3 is 4.90 Å². The van der Waals surface area contributed by atoms with Gasteiger partial charge in [-0.25, -0.2) is 0 Å². The number of likely N-dealkylation sites (tertiary alicyclic amines) is 1. The molecule has 0 spiro atoms. The molecule has 1 aliphatic carbocycles. The van der Waals surface area contributed by atoms with Crippen molar-refractivity contribution >= 4 is 5.91 Å². The molecule has 0 bridgehead atoms. The van der Waals surface area contributed by atoms with Gasteiger partial charge >= 0.3 is 0 Å². The van der Waals surface area contributed by atoms with E-state index >= 15 is 0 Å². The SMILES string of the molecule is CC1(C(=O)N2CCCCC2)CCCCC1. The number of carbonyl (C=O) groups is 1. The molecule has 2 heteroatoms. The lowest BCUT2D eigenvalue weighted by Gasteiger charge is -2.38. The molecule has 2 nitrogen and oxygen atoms in total. The Morgan fingerprint density at radius 1 is 0.933 bits per heavy atom. The maximum Gasteiger partial charge on any atom is 0.228 e. The first-order valence-electron chi connectivity index (χ1n) is 6.52. The Hall–Kier alpha value is -0.530. The summed E-state index contributed by atoms with van der Waals surface area (Å²) in [6, 6.07) is 0. The van der Waals surface area contributed by atoms with Gasteiger partial charge in [-0.05, 0) is 32.1 Å². The summed E-state index contributed by atoms with van der Waals surface area (Å²) in [6.07, 6.45) is 9.77. The van der Waals surface area contributed by atoms with Crippen molar-refractivity contribution in [2.45, 2.75) is 58.3 Å². The van der Waals surface area contributed by atoms with E-state index in [1.807, 2.05) is 0 Å². The van der Waals surface area contributed by atoms with Crippen LogP contribution in [0, 0.1) is 5.41 Å². The molecule has 1 saturated carbocycles. The van der Waals surface area contributed by atoms with E-state index in [0.29, 0.717) is 5.91 Å². The number of rotatable bonds is 1. The van der Waals surface area contributed by atoms with Gasteiger partial charge in [0, 0.05) is 18.5 Å². The quantitative estimate of drug-likeness (QED) is 0.650. The Morgan fingerprint density at radius 3 is 2.07 bits per heavy atom. The molecule has 0 unspecified atom stereocenters. The summed E-state index contributed by atoms with van der Waals surface area (Å²) in [7, 11) is 0. The van der Waals surface area contributed by atoms with Crippen molar-refractivity contribution in [1.82, 2.24) is 4.90 Å². The molecular weight excluding hydrogens is 186 g/mol. The van der Waals surface area contributed by atoms with Crippen molar-refractivity contribution in [3.05, 3.63) is 0 Å². The van der Waals surface area contributed by atoms with E-state index in [4.69, 9.17) is 0 Å². The highest BCUT2D eigenvalue weighted by Gasteiger charge is 2.37. The van der Waals surface area contributed by atoms with Crippen LogP contribution in [-0.4, -0.2) is 23.9 Å². The molecule has 0 aromatic heterocycles. The lowest BCUT2D eigenvalue weighted by Crippen LogP contribution is -2.45. The molecule has 2 aliphatic rings.